The minimum absolute atomic E-state index is 0.0112. The summed E-state index contributed by atoms with van der Waals surface area (Å²) >= 11 is 0. The van der Waals surface area contributed by atoms with E-state index in [0.29, 0.717) is 11.3 Å². The molecule has 0 N–H and O–H groups in total. The van der Waals surface area contributed by atoms with Crippen LogP contribution in [0, 0.1) is 0 Å². The van der Waals surface area contributed by atoms with Crippen LogP contribution in [0.1, 0.15) is 63.2 Å². The molecule has 2 atom stereocenters. The first kappa shape index (κ1) is 20.3. The first-order valence-corrected chi connectivity index (χ1v) is 9.73. The van der Waals surface area contributed by atoms with Crippen molar-refractivity contribution in [3.8, 4) is 5.75 Å². The van der Waals surface area contributed by atoms with Crippen LogP contribution in [0.4, 0.5) is 0 Å². The lowest BCUT2D eigenvalue weighted by Gasteiger charge is -2.38. The Morgan fingerprint density at radius 1 is 1.15 bits per heavy atom. The van der Waals surface area contributed by atoms with Crippen molar-refractivity contribution in [3.05, 3.63) is 29.8 Å². The third-order valence-electron chi connectivity index (χ3n) is 5.14. The third-order valence-corrected chi connectivity index (χ3v) is 5.14. The molecular formula is C21H32N2O3. The average Bonchev–Trinajstić information content (AvgIpc) is 2.64. The number of ether oxygens (including phenoxy) is 1. The van der Waals surface area contributed by atoms with Crippen LogP contribution >= 0.6 is 0 Å². The molecule has 5 heteroatoms. The van der Waals surface area contributed by atoms with Crippen molar-refractivity contribution in [3.63, 3.8) is 0 Å². The average molecular weight is 360 g/mol. The van der Waals surface area contributed by atoms with Gasteiger partial charge in [-0.15, -0.1) is 0 Å². The summed E-state index contributed by atoms with van der Waals surface area (Å²) in [4.78, 5) is 28.5. The molecule has 26 heavy (non-hydrogen) atoms. The van der Waals surface area contributed by atoms with Crippen molar-refractivity contribution < 1.29 is 14.3 Å². The van der Waals surface area contributed by atoms with Gasteiger partial charge in [-0.2, -0.15) is 0 Å². The second-order valence-electron chi connectivity index (χ2n) is 7.32. The van der Waals surface area contributed by atoms with Gasteiger partial charge < -0.3 is 14.5 Å². The first-order valence-electron chi connectivity index (χ1n) is 9.73. The number of carbonyl (C=O) groups is 2. The minimum atomic E-state index is 0.0112. The fourth-order valence-corrected chi connectivity index (χ4v) is 3.54. The van der Waals surface area contributed by atoms with Crippen LogP contribution in [-0.2, 0) is 4.79 Å². The predicted octanol–water partition coefficient (Wildman–Crippen LogP) is 3.73. The molecule has 0 aliphatic carbocycles. The van der Waals surface area contributed by atoms with Crippen molar-refractivity contribution in [2.75, 3.05) is 20.2 Å². The molecule has 1 saturated heterocycles. The van der Waals surface area contributed by atoms with Gasteiger partial charge in [0, 0.05) is 31.2 Å². The molecule has 0 aromatic heterocycles. The van der Waals surface area contributed by atoms with Gasteiger partial charge in [-0.1, -0.05) is 13.3 Å². The second kappa shape index (κ2) is 9.60. The zero-order valence-electron chi connectivity index (χ0n) is 16.5. The number of piperidine rings is 1. The largest absolute Gasteiger partial charge is 0.484 e. The molecule has 0 saturated carbocycles. The van der Waals surface area contributed by atoms with Crippen LogP contribution in [0.2, 0.25) is 0 Å². The Morgan fingerprint density at radius 3 is 2.35 bits per heavy atom. The zero-order chi connectivity index (χ0) is 19.1. The maximum atomic E-state index is 12.5. The van der Waals surface area contributed by atoms with Crippen LogP contribution in [0.3, 0.4) is 0 Å². The molecule has 0 spiro atoms. The number of rotatable bonds is 7. The molecule has 1 aromatic rings. The summed E-state index contributed by atoms with van der Waals surface area (Å²) in [6.07, 6.45) is 5.34. The number of hydrogen-bond acceptors (Lipinski definition) is 3. The third kappa shape index (κ3) is 5.23. The molecule has 144 valence electrons. The van der Waals surface area contributed by atoms with Crippen molar-refractivity contribution in [1.29, 1.82) is 0 Å². The molecule has 1 aliphatic rings. The quantitative estimate of drug-likeness (QED) is 0.744. The summed E-state index contributed by atoms with van der Waals surface area (Å²) in [7, 11) is 1.82. The van der Waals surface area contributed by atoms with E-state index in [-0.39, 0.29) is 30.5 Å². The second-order valence-corrected chi connectivity index (χ2v) is 7.32. The highest BCUT2D eigenvalue weighted by Gasteiger charge is 2.28. The molecule has 0 radical (unpaired) electrons. The van der Waals surface area contributed by atoms with Gasteiger partial charge in [-0.25, -0.2) is 0 Å². The van der Waals surface area contributed by atoms with Crippen LogP contribution in [0.5, 0.6) is 5.75 Å². The fourth-order valence-electron chi connectivity index (χ4n) is 3.54. The topological polar surface area (TPSA) is 49.9 Å². The number of likely N-dealkylation sites (tertiary alicyclic amines) is 1. The maximum Gasteiger partial charge on any atom is 0.260 e. The Kier molecular flexibility index (Phi) is 7.49. The molecule has 1 fully saturated rings. The highest BCUT2D eigenvalue weighted by molar-refractivity contribution is 5.94. The van der Waals surface area contributed by atoms with Crippen molar-refractivity contribution in [2.24, 2.45) is 0 Å². The number of unbranched alkanes of at least 4 members (excludes halogenated alkanes) is 1. The molecule has 2 amide bonds. The zero-order valence-corrected chi connectivity index (χ0v) is 16.5. The van der Waals surface area contributed by atoms with Crippen LogP contribution in [-0.4, -0.2) is 53.9 Å². The van der Waals surface area contributed by atoms with E-state index in [9.17, 15) is 9.59 Å². The van der Waals surface area contributed by atoms with E-state index in [1.165, 1.54) is 6.42 Å². The molecule has 1 aromatic carbocycles. The van der Waals surface area contributed by atoms with Gasteiger partial charge in [-0.05, 0) is 63.8 Å². The van der Waals surface area contributed by atoms with E-state index < -0.39 is 0 Å². The standard InChI is InChI=1S/C21H32N2O3/c1-5-6-14-22(4)21(25)18-10-12-19(13-11-18)26-15-20(24)23-16(2)8-7-9-17(23)3/h10-13,16-17H,5-9,14-15H2,1-4H3. The lowest BCUT2D eigenvalue weighted by atomic mass is 9.97. The summed E-state index contributed by atoms with van der Waals surface area (Å²) in [6.45, 7) is 7.11. The smallest absolute Gasteiger partial charge is 0.260 e. The molecule has 1 heterocycles. The summed E-state index contributed by atoms with van der Waals surface area (Å²) in [5.74, 6) is 0.657. The van der Waals surface area contributed by atoms with Crippen LogP contribution in [0.15, 0.2) is 24.3 Å². The van der Waals surface area contributed by atoms with E-state index in [1.807, 2.05) is 11.9 Å². The number of carbonyl (C=O) groups excluding carboxylic acids is 2. The van der Waals surface area contributed by atoms with E-state index in [2.05, 4.69) is 20.8 Å². The SMILES string of the molecule is CCCCN(C)C(=O)c1ccc(OCC(=O)N2C(C)CCCC2C)cc1. The Hall–Kier alpha value is -2.04. The lowest BCUT2D eigenvalue weighted by molar-refractivity contribution is -0.139. The van der Waals surface area contributed by atoms with E-state index in [4.69, 9.17) is 4.74 Å². The monoisotopic (exact) mass is 360 g/mol. The maximum absolute atomic E-state index is 12.5. The van der Waals surface area contributed by atoms with Gasteiger partial charge in [-0.3, -0.25) is 9.59 Å². The predicted molar refractivity (Wildman–Crippen MR) is 103 cm³/mol. The molecular weight excluding hydrogens is 328 g/mol. The molecule has 1 aliphatic heterocycles. The molecule has 2 unspecified atom stereocenters. The van der Waals surface area contributed by atoms with Crippen LogP contribution in [0.25, 0.3) is 0 Å². The number of nitrogens with zero attached hydrogens (tertiary/aromatic N) is 2. The van der Waals surface area contributed by atoms with Gasteiger partial charge >= 0.3 is 0 Å². The molecule has 2 rings (SSSR count). The number of hydrogen-bond donors (Lipinski definition) is 0. The Balaban J connectivity index is 1.89. The van der Waals surface area contributed by atoms with Gasteiger partial charge in [0.15, 0.2) is 6.61 Å². The van der Waals surface area contributed by atoms with Crippen LogP contribution < -0.4 is 4.74 Å². The number of benzene rings is 1. The summed E-state index contributed by atoms with van der Waals surface area (Å²) < 4.78 is 5.66. The van der Waals surface area contributed by atoms with E-state index in [0.717, 1.165) is 32.2 Å². The van der Waals surface area contributed by atoms with E-state index >= 15 is 0 Å². The Bertz CT molecular complexity index is 590. The van der Waals surface area contributed by atoms with Gasteiger partial charge in [0.2, 0.25) is 0 Å². The number of amides is 2. The highest BCUT2D eigenvalue weighted by Crippen LogP contribution is 2.23. The van der Waals surface area contributed by atoms with Gasteiger partial charge in [0.05, 0.1) is 0 Å². The van der Waals surface area contributed by atoms with Gasteiger partial charge in [0.25, 0.3) is 11.8 Å². The van der Waals surface area contributed by atoms with E-state index in [1.54, 1.807) is 29.2 Å². The molecule has 0 bridgehead atoms. The van der Waals surface area contributed by atoms with Gasteiger partial charge in [0.1, 0.15) is 5.75 Å². The molecule has 5 nitrogen and oxygen atoms in total. The lowest BCUT2D eigenvalue weighted by Crippen LogP contribution is -2.49. The van der Waals surface area contributed by atoms with Crippen molar-refractivity contribution >= 4 is 11.8 Å². The summed E-state index contributed by atoms with van der Waals surface area (Å²) in [6, 6.07) is 7.59. The fraction of sp³-hybridized carbons (Fsp3) is 0.619. The van der Waals surface area contributed by atoms with Crippen molar-refractivity contribution in [1.82, 2.24) is 9.80 Å². The first-order chi connectivity index (χ1) is 12.4. The van der Waals surface area contributed by atoms with Crippen molar-refractivity contribution in [2.45, 2.75) is 65.0 Å². The Morgan fingerprint density at radius 2 is 1.77 bits per heavy atom. The summed E-state index contributed by atoms with van der Waals surface area (Å²) in [5.41, 5.74) is 0.639. The summed E-state index contributed by atoms with van der Waals surface area (Å²) in [5, 5.41) is 0. The Labute approximate surface area is 157 Å². The normalized spacial score (nSPS) is 19.9. The minimum Gasteiger partial charge on any atom is -0.484 e. The highest BCUT2D eigenvalue weighted by atomic mass is 16.5.